The molecule has 2 aliphatic rings. The number of fused-ring (bicyclic) bond motifs is 1. The Labute approximate surface area is 144 Å². The van der Waals surface area contributed by atoms with Crippen molar-refractivity contribution in [2.75, 3.05) is 18.0 Å². The zero-order valence-electron chi connectivity index (χ0n) is 13.2. The van der Waals surface area contributed by atoms with E-state index in [1.807, 2.05) is 0 Å². The van der Waals surface area contributed by atoms with Crippen molar-refractivity contribution in [1.29, 1.82) is 0 Å². The van der Waals surface area contributed by atoms with Crippen molar-refractivity contribution < 1.29 is 26.7 Å². The molecule has 0 saturated carbocycles. The Morgan fingerprint density at radius 1 is 1.12 bits per heavy atom. The van der Waals surface area contributed by atoms with Crippen LogP contribution in [0.1, 0.15) is 17.5 Å². The van der Waals surface area contributed by atoms with Gasteiger partial charge >= 0.3 is 6.36 Å². The normalized spacial score (nSPS) is 18.2. The van der Waals surface area contributed by atoms with Gasteiger partial charge in [0.1, 0.15) is 11.6 Å². The van der Waals surface area contributed by atoms with Crippen molar-refractivity contribution in [3.05, 3.63) is 47.7 Å². The fraction of sp³-hybridized carbons (Fsp3) is 0.294. The Balaban J connectivity index is 1.58. The maximum absolute atomic E-state index is 13.4. The van der Waals surface area contributed by atoms with Crippen LogP contribution < -0.4 is 9.64 Å². The van der Waals surface area contributed by atoms with Gasteiger partial charge in [0.15, 0.2) is 0 Å². The number of benzene rings is 1. The van der Waals surface area contributed by atoms with E-state index < -0.39 is 18.8 Å². The number of ether oxygens (including phenoxy) is 1. The number of halogens is 5. The molecular formula is C17H12F5N3O. The van der Waals surface area contributed by atoms with Crippen molar-refractivity contribution in [3.63, 3.8) is 0 Å². The van der Waals surface area contributed by atoms with Gasteiger partial charge in [-0.1, -0.05) is 0 Å². The molecule has 136 valence electrons. The van der Waals surface area contributed by atoms with E-state index in [0.717, 1.165) is 0 Å². The van der Waals surface area contributed by atoms with Crippen molar-refractivity contribution in [1.82, 2.24) is 4.98 Å². The van der Waals surface area contributed by atoms with E-state index in [-0.39, 0.29) is 18.7 Å². The summed E-state index contributed by atoms with van der Waals surface area (Å²) in [6.07, 6.45) is -3.54. The van der Waals surface area contributed by atoms with Gasteiger partial charge in [-0.3, -0.25) is 0 Å². The summed E-state index contributed by atoms with van der Waals surface area (Å²) in [4.78, 5) is 9.87. The minimum absolute atomic E-state index is 0.191. The van der Waals surface area contributed by atoms with E-state index in [1.54, 1.807) is 12.1 Å². The summed E-state index contributed by atoms with van der Waals surface area (Å²) < 4.78 is 67.8. The number of hydrogen-bond acceptors (Lipinski definition) is 4. The van der Waals surface area contributed by atoms with Crippen molar-refractivity contribution >= 4 is 17.2 Å². The first kappa shape index (κ1) is 16.7. The van der Waals surface area contributed by atoms with Gasteiger partial charge in [0.05, 0.1) is 17.9 Å². The predicted octanol–water partition coefficient (Wildman–Crippen LogP) is 4.31. The van der Waals surface area contributed by atoms with Crippen LogP contribution in [0.2, 0.25) is 0 Å². The molecule has 1 aromatic carbocycles. The monoisotopic (exact) mass is 369 g/mol. The van der Waals surface area contributed by atoms with Gasteiger partial charge in [0, 0.05) is 30.3 Å². The molecule has 26 heavy (non-hydrogen) atoms. The summed E-state index contributed by atoms with van der Waals surface area (Å²) in [6.45, 7) is -0.216. The molecule has 4 nitrogen and oxygen atoms in total. The van der Waals surface area contributed by atoms with Crippen LogP contribution in [0, 0.1) is 0 Å². The third kappa shape index (κ3) is 3.21. The maximum atomic E-state index is 13.4. The highest BCUT2D eigenvalue weighted by Crippen LogP contribution is 2.38. The molecule has 0 unspecified atom stereocenters. The fourth-order valence-corrected chi connectivity index (χ4v) is 3.02. The highest BCUT2D eigenvalue weighted by atomic mass is 19.4. The molecule has 2 aliphatic heterocycles. The number of alkyl halides is 5. The number of aromatic nitrogens is 1. The quantitative estimate of drug-likeness (QED) is 0.646. The van der Waals surface area contributed by atoms with Crippen LogP contribution in [0.15, 0.2) is 41.5 Å². The third-order valence-corrected chi connectivity index (χ3v) is 4.20. The SMILES string of the molecule is FC1(F)CCN(c2cc(C3=Nc4ccc(OC(F)(F)F)cc43)ccn2)C1. The lowest BCUT2D eigenvalue weighted by Crippen LogP contribution is -2.26. The fourth-order valence-electron chi connectivity index (χ4n) is 3.02. The second kappa shape index (κ2) is 5.65. The largest absolute Gasteiger partial charge is 0.573 e. The Morgan fingerprint density at radius 2 is 1.92 bits per heavy atom. The van der Waals surface area contributed by atoms with Gasteiger partial charge in [0.25, 0.3) is 5.92 Å². The molecule has 0 spiro atoms. The van der Waals surface area contributed by atoms with Crippen LogP contribution in [-0.2, 0) is 0 Å². The molecule has 1 saturated heterocycles. The highest BCUT2D eigenvalue weighted by molar-refractivity contribution is 6.22. The van der Waals surface area contributed by atoms with Crippen LogP contribution in [-0.4, -0.2) is 36.1 Å². The Hall–Kier alpha value is -2.71. The van der Waals surface area contributed by atoms with Crippen LogP contribution in [0.25, 0.3) is 0 Å². The first-order valence-corrected chi connectivity index (χ1v) is 7.78. The minimum Gasteiger partial charge on any atom is -0.406 e. The van der Waals surface area contributed by atoms with E-state index in [1.165, 1.54) is 29.3 Å². The summed E-state index contributed by atoms with van der Waals surface area (Å²) in [5.74, 6) is -2.70. The van der Waals surface area contributed by atoms with E-state index in [4.69, 9.17) is 0 Å². The summed E-state index contributed by atoms with van der Waals surface area (Å²) in [5.41, 5.74) is 2.13. The second-order valence-corrected chi connectivity index (χ2v) is 6.12. The standard InChI is InChI=1S/C17H12F5N3O/c18-16(19)4-6-25(9-16)14-7-10(3-5-23-14)15-12-8-11(26-17(20,21)22)1-2-13(12)24-15/h1-3,5,7-8H,4,6,9H2. The molecule has 4 rings (SSSR count). The molecule has 1 aromatic heterocycles. The Kier molecular flexibility index (Phi) is 3.64. The molecule has 0 bridgehead atoms. The minimum atomic E-state index is -4.78. The summed E-state index contributed by atoms with van der Waals surface area (Å²) in [5, 5.41) is 0. The topological polar surface area (TPSA) is 37.7 Å². The number of pyridine rings is 1. The first-order valence-electron chi connectivity index (χ1n) is 7.78. The van der Waals surface area contributed by atoms with Crippen LogP contribution >= 0.6 is 0 Å². The Morgan fingerprint density at radius 3 is 2.62 bits per heavy atom. The lowest BCUT2D eigenvalue weighted by Gasteiger charge is -2.22. The molecule has 0 radical (unpaired) electrons. The highest BCUT2D eigenvalue weighted by Gasteiger charge is 2.39. The zero-order chi connectivity index (χ0) is 18.5. The maximum Gasteiger partial charge on any atom is 0.573 e. The van der Waals surface area contributed by atoms with Crippen LogP contribution in [0.4, 0.5) is 33.5 Å². The third-order valence-electron chi connectivity index (χ3n) is 4.20. The van der Waals surface area contributed by atoms with Crippen LogP contribution in [0.5, 0.6) is 5.75 Å². The molecule has 2 aromatic rings. The van der Waals surface area contributed by atoms with E-state index in [9.17, 15) is 22.0 Å². The number of aliphatic imine (C=N–C) groups is 1. The van der Waals surface area contributed by atoms with E-state index >= 15 is 0 Å². The molecule has 0 aliphatic carbocycles. The molecular weight excluding hydrogens is 357 g/mol. The smallest absolute Gasteiger partial charge is 0.406 e. The average Bonchev–Trinajstić information content (AvgIpc) is 2.89. The van der Waals surface area contributed by atoms with Crippen LogP contribution in [0.3, 0.4) is 0 Å². The van der Waals surface area contributed by atoms with E-state index in [2.05, 4.69) is 14.7 Å². The number of anilines is 1. The van der Waals surface area contributed by atoms with Gasteiger partial charge < -0.3 is 9.64 Å². The van der Waals surface area contributed by atoms with Gasteiger partial charge in [-0.25, -0.2) is 18.8 Å². The lowest BCUT2D eigenvalue weighted by molar-refractivity contribution is -0.274. The lowest BCUT2D eigenvalue weighted by atomic mass is 9.96. The number of nitrogens with zero attached hydrogens (tertiary/aromatic N) is 3. The Bertz CT molecular complexity index is 894. The molecule has 1 fully saturated rings. The van der Waals surface area contributed by atoms with Gasteiger partial charge in [-0.05, 0) is 30.3 Å². The van der Waals surface area contributed by atoms with E-state index in [0.29, 0.717) is 28.3 Å². The van der Waals surface area contributed by atoms with Crippen molar-refractivity contribution in [2.24, 2.45) is 4.99 Å². The number of rotatable bonds is 3. The van der Waals surface area contributed by atoms with Crippen molar-refractivity contribution in [2.45, 2.75) is 18.7 Å². The second-order valence-electron chi connectivity index (χ2n) is 6.12. The molecule has 0 atom stereocenters. The summed E-state index contributed by atoms with van der Waals surface area (Å²) in [6, 6.07) is 7.13. The predicted molar refractivity (Wildman–Crippen MR) is 84.4 cm³/mol. The summed E-state index contributed by atoms with van der Waals surface area (Å²) >= 11 is 0. The molecule has 3 heterocycles. The molecule has 0 amide bonds. The van der Waals surface area contributed by atoms with Gasteiger partial charge in [-0.2, -0.15) is 0 Å². The average molecular weight is 369 g/mol. The summed E-state index contributed by atoms with van der Waals surface area (Å²) in [7, 11) is 0. The number of hydrogen-bond donors (Lipinski definition) is 0. The first-order chi connectivity index (χ1) is 12.2. The zero-order valence-corrected chi connectivity index (χ0v) is 13.2. The molecule has 9 heteroatoms. The molecule has 0 N–H and O–H groups in total. The van der Waals surface area contributed by atoms with Gasteiger partial charge in [0.2, 0.25) is 0 Å². The van der Waals surface area contributed by atoms with Crippen molar-refractivity contribution in [3.8, 4) is 5.75 Å². The van der Waals surface area contributed by atoms with Gasteiger partial charge in [-0.15, -0.1) is 13.2 Å².